The zero-order chi connectivity index (χ0) is 13.1. The van der Waals surface area contributed by atoms with Gasteiger partial charge in [0.15, 0.2) is 5.76 Å². The van der Waals surface area contributed by atoms with E-state index in [4.69, 9.17) is 4.42 Å². The molecule has 1 aromatic heterocycles. The number of aliphatic hydroxyl groups excluding tert-OH is 1. The van der Waals surface area contributed by atoms with Crippen LogP contribution < -0.4 is 5.32 Å². The number of rotatable bonds is 3. The van der Waals surface area contributed by atoms with Gasteiger partial charge < -0.3 is 14.8 Å². The third-order valence-electron chi connectivity index (χ3n) is 2.59. The van der Waals surface area contributed by atoms with Crippen LogP contribution in [0.2, 0.25) is 0 Å². The summed E-state index contributed by atoms with van der Waals surface area (Å²) >= 11 is 0. The summed E-state index contributed by atoms with van der Waals surface area (Å²) in [5.74, 6) is 0.665. The van der Waals surface area contributed by atoms with Crippen LogP contribution in [0.4, 0.5) is 5.69 Å². The standard InChI is InChI=1S/C14H15NO3/c1-9-6-7-13(18-9)14(17)15-12-5-3-4-11(8-12)10(2)16/h3-8,10,16H,1-2H3,(H,15,17). The SMILES string of the molecule is Cc1ccc(C(=O)Nc2cccc(C(C)O)c2)o1. The van der Waals surface area contributed by atoms with Crippen molar-refractivity contribution < 1.29 is 14.3 Å². The van der Waals surface area contributed by atoms with Crippen LogP contribution in [-0.4, -0.2) is 11.0 Å². The van der Waals surface area contributed by atoms with Crippen molar-refractivity contribution >= 4 is 11.6 Å². The lowest BCUT2D eigenvalue weighted by atomic mass is 10.1. The van der Waals surface area contributed by atoms with E-state index < -0.39 is 6.10 Å². The van der Waals surface area contributed by atoms with Crippen molar-refractivity contribution in [2.45, 2.75) is 20.0 Å². The molecule has 94 valence electrons. The predicted molar refractivity (Wildman–Crippen MR) is 68.5 cm³/mol. The number of anilines is 1. The van der Waals surface area contributed by atoms with Gasteiger partial charge in [-0.2, -0.15) is 0 Å². The fourth-order valence-electron chi connectivity index (χ4n) is 1.63. The van der Waals surface area contributed by atoms with Crippen LogP contribution in [0.3, 0.4) is 0 Å². The number of hydrogen-bond donors (Lipinski definition) is 2. The van der Waals surface area contributed by atoms with Gasteiger partial charge in [-0.05, 0) is 43.7 Å². The molecule has 0 aliphatic rings. The molecule has 2 rings (SSSR count). The Labute approximate surface area is 105 Å². The smallest absolute Gasteiger partial charge is 0.291 e. The molecule has 0 radical (unpaired) electrons. The maximum Gasteiger partial charge on any atom is 0.291 e. The molecule has 1 unspecified atom stereocenters. The van der Waals surface area contributed by atoms with Gasteiger partial charge in [0.05, 0.1) is 6.10 Å². The van der Waals surface area contributed by atoms with Crippen molar-refractivity contribution in [3.63, 3.8) is 0 Å². The van der Waals surface area contributed by atoms with Crippen molar-refractivity contribution in [3.05, 3.63) is 53.5 Å². The van der Waals surface area contributed by atoms with E-state index in [0.717, 1.165) is 5.56 Å². The first-order chi connectivity index (χ1) is 8.56. The van der Waals surface area contributed by atoms with E-state index in [-0.39, 0.29) is 11.7 Å². The molecule has 1 aromatic carbocycles. The molecule has 0 fully saturated rings. The fraction of sp³-hybridized carbons (Fsp3) is 0.214. The molecule has 4 nitrogen and oxygen atoms in total. The highest BCUT2D eigenvalue weighted by molar-refractivity contribution is 6.02. The van der Waals surface area contributed by atoms with Crippen molar-refractivity contribution in [1.82, 2.24) is 0 Å². The van der Waals surface area contributed by atoms with Crippen LogP contribution in [0.1, 0.15) is 34.9 Å². The minimum atomic E-state index is -0.562. The molecule has 0 saturated heterocycles. The summed E-state index contributed by atoms with van der Waals surface area (Å²) in [6.45, 7) is 3.46. The molecule has 1 heterocycles. The van der Waals surface area contributed by atoms with Crippen LogP contribution in [0.25, 0.3) is 0 Å². The average Bonchev–Trinajstić information content (AvgIpc) is 2.76. The molecule has 0 spiro atoms. The van der Waals surface area contributed by atoms with Gasteiger partial charge in [0.1, 0.15) is 5.76 Å². The van der Waals surface area contributed by atoms with E-state index in [1.165, 1.54) is 0 Å². The molecule has 0 bridgehead atoms. The van der Waals surface area contributed by atoms with E-state index in [0.29, 0.717) is 11.4 Å². The van der Waals surface area contributed by atoms with E-state index >= 15 is 0 Å². The molecule has 2 aromatic rings. The van der Waals surface area contributed by atoms with Crippen molar-refractivity contribution in [2.24, 2.45) is 0 Å². The Morgan fingerprint density at radius 3 is 2.72 bits per heavy atom. The van der Waals surface area contributed by atoms with Gasteiger partial charge in [0, 0.05) is 5.69 Å². The Balaban J connectivity index is 2.14. The van der Waals surface area contributed by atoms with Gasteiger partial charge in [-0.3, -0.25) is 4.79 Å². The lowest BCUT2D eigenvalue weighted by molar-refractivity contribution is 0.0995. The van der Waals surface area contributed by atoms with Crippen LogP contribution >= 0.6 is 0 Å². The summed E-state index contributed by atoms with van der Waals surface area (Å²) in [7, 11) is 0. The van der Waals surface area contributed by atoms with Crippen LogP contribution in [0.5, 0.6) is 0 Å². The van der Waals surface area contributed by atoms with Crippen LogP contribution in [0, 0.1) is 6.92 Å². The second-order valence-electron chi connectivity index (χ2n) is 4.17. The van der Waals surface area contributed by atoms with Crippen molar-refractivity contribution in [3.8, 4) is 0 Å². The van der Waals surface area contributed by atoms with Gasteiger partial charge in [-0.15, -0.1) is 0 Å². The quantitative estimate of drug-likeness (QED) is 0.874. The van der Waals surface area contributed by atoms with Crippen molar-refractivity contribution in [2.75, 3.05) is 5.32 Å². The molecule has 0 aliphatic carbocycles. The second-order valence-corrected chi connectivity index (χ2v) is 4.17. The Kier molecular flexibility index (Phi) is 3.48. The predicted octanol–water partition coefficient (Wildman–Crippen LogP) is 2.89. The van der Waals surface area contributed by atoms with Gasteiger partial charge >= 0.3 is 0 Å². The highest BCUT2D eigenvalue weighted by Crippen LogP contribution is 2.18. The first-order valence-electron chi connectivity index (χ1n) is 5.72. The molecule has 4 heteroatoms. The van der Waals surface area contributed by atoms with E-state index in [1.807, 2.05) is 0 Å². The minimum Gasteiger partial charge on any atom is -0.456 e. The zero-order valence-corrected chi connectivity index (χ0v) is 10.3. The number of hydrogen-bond acceptors (Lipinski definition) is 3. The number of aryl methyl sites for hydroxylation is 1. The van der Waals surface area contributed by atoms with E-state index in [2.05, 4.69) is 5.32 Å². The van der Waals surface area contributed by atoms with Gasteiger partial charge in [0.25, 0.3) is 5.91 Å². The zero-order valence-electron chi connectivity index (χ0n) is 10.3. The van der Waals surface area contributed by atoms with Crippen molar-refractivity contribution in [1.29, 1.82) is 0 Å². The molecular formula is C14H15NO3. The van der Waals surface area contributed by atoms with E-state index in [9.17, 15) is 9.90 Å². The number of nitrogens with one attached hydrogen (secondary N) is 1. The summed E-state index contributed by atoms with van der Waals surface area (Å²) in [6, 6.07) is 10.4. The second kappa shape index (κ2) is 5.06. The van der Waals surface area contributed by atoms with Crippen LogP contribution in [-0.2, 0) is 0 Å². The van der Waals surface area contributed by atoms with Gasteiger partial charge in [-0.25, -0.2) is 0 Å². The maximum atomic E-state index is 11.8. The lowest BCUT2D eigenvalue weighted by Crippen LogP contribution is -2.11. The highest BCUT2D eigenvalue weighted by Gasteiger charge is 2.10. The summed E-state index contributed by atoms with van der Waals surface area (Å²) in [6.07, 6.45) is -0.562. The summed E-state index contributed by atoms with van der Waals surface area (Å²) in [4.78, 5) is 11.8. The molecule has 18 heavy (non-hydrogen) atoms. The highest BCUT2D eigenvalue weighted by atomic mass is 16.3. The molecule has 1 atom stereocenters. The summed E-state index contributed by atoms with van der Waals surface area (Å²) in [5.41, 5.74) is 1.39. The third kappa shape index (κ3) is 2.78. The monoisotopic (exact) mass is 245 g/mol. The maximum absolute atomic E-state index is 11.8. The number of furan rings is 1. The largest absolute Gasteiger partial charge is 0.456 e. The molecule has 1 amide bonds. The average molecular weight is 245 g/mol. The normalized spacial score (nSPS) is 12.2. The lowest BCUT2D eigenvalue weighted by Gasteiger charge is -2.08. The van der Waals surface area contributed by atoms with Gasteiger partial charge in [0.2, 0.25) is 0 Å². The minimum absolute atomic E-state index is 0.273. The molecule has 2 N–H and O–H groups in total. The Morgan fingerprint density at radius 1 is 1.33 bits per heavy atom. The Bertz CT molecular complexity index is 558. The first-order valence-corrected chi connectivity index (χ1v) is 5.72. The van der Waals surface area contributed by atoms with Gasteiger partial charge in [-0.1, -0.05) is 12.1 Å². The molecule has 0 aliphatic heterocycles. The number of amides is 1. The third-order valence-corrected chi connectivity index (χ3v) is 2.59. The summed E-state index contributed by atoms with van der Waals surface area (Å²) < 4.78 is 5.23. The molecule has 0 saturated carbocycles. The first kappa shape index (κ1) is 12.4. The van der Waals surface area contributed by atoms with Crippen LogP contribution in [0.15, 0.2) is 40.8 Å². The van der Waals surface area contributed by atoms with E-state index in [1.54, 1.807) is 50.2 Å². The number of benzene rings is 1. The summed E-state index contributed by atoms with van der Waals surface area (Å²) in [5, 5.41) is 12.2. The fourth-order valence-corrected chi connectivity index (χ4v) is 1.63. The Hall–Kier alpha value is -2.07. The Morgan fingerprint density at radius 2 is 2.11 bits per heavy atom. The number of aliphatic hydroxyl groups is 1. The molecular weight excluding hydrogens is 230 g/mol. The number of carbonyl (C=O) groups excluding carboxylic acids is 1. The topological polar surface area (TPSA) is 62.5 Å². The number of carbonyl (C=O) groups is 1.